The number of nitrogens with one attached hydrogen (secondary N) is 1. The number of hydrogen-bond acceptors (Lipinski definition) is 9. The summed E-state index contributed by atoms with van der Waals surface area (Å²) in [6.07, 6.45) is 2.53. The van der Waals surface area contributed by atoms with Crippen molar-refractivity contribution in [1.29, 1.82) is 0 Å². The summed E-state index contributed by atoms with van der Waals surface area (Å²) in [6.45, 7) is 13.9. The van der Waals surface area contributed by atoms with Crippen molar-refractivity contribution in [3.8, 4) is 17.0 Å². The highest BCUT2D eigenvalue weighted by molar-refractivity contribution is 5.73. The minimum atomic E-state index is -0.664. The first-order valence-corrected chi connectivity index (χ1v) is 14.1. The van der Waals surface area contributed by atoms with Crippen LogP contribution in [0.5, 0.6) is 5.75 Å². The van der Waals surface area contributed by atoms with Gasteiger partial charge in [-0.15, -0.1) is 0 Å². The van der Waals surface area contributed by atoms with Crippen molar-refractivity contribution in [3.63, 3.8) is 0 Å². The van der Waals surface area contributed by atoms with Gasteiger partial charge in [-0.25, -0.2) is 28.5 Å². The summed E-state index contributed by atoms with van der Waals surface area (Å²) in [4.78, 5) is 31.2. The molecule has 0 aliphatic carbocycles. The lowest BCUT2D eigenvalue weighted by Crippen LogP contribution is -2.49. The van der Waals surface area contributed by atoms with Gasteiger partial charge in [0.25, 0.3) is 0 Å². The van der Waals surface area contributed by atoms with E-state index in [4.69, 9.17) is 9.47 Å². The fourth-order valence-corrected chi connectivity index (χ4v) is 4.98. The number of carbonyl (C=O) groups is 1. The molecule has 0 atom stereocenters. The van der Waals surface area contributed by atoms with Gasteiger partial charge >= 0.3 is 6.09 Å². The first kappa shape index (κ1) is 29.4. The number of piperazine rings is 1. The highest BCUT2D eigenvalue weighted by atomic mass is 19.1. The molecule has 0 radical (unpaired) electrons. The second-order valence-electron chi connectivity index (χ2n) is 11.8. The van der Waals surface area contributed by atoms with Crippen LogP contribution in [0.15, 0.2) is 36.7 Å². The third kappa shape index (κ3) is 6.87. The Morgan fingerprint density at radius 2 is 1.81 bits per heavy atom. The summed E-state index contributed by atoms with van der Waals surface area (Å²) < 4.78 is 40.9. The molecular weight excluding hydrogens is 544 g/mol. The Morgan fingerprint density at radius 1 is 1.05 bits per heavy atom. The number of halogens is 2. The molecule has 2 aliphatic rings. The van der Waals surface area contributed by atoms with E-state index in [2.05, 4.69) is 25.2 Å². The van der Waals surface area contributed by atoms with E-state index in [1.54, 1.807) is 23.2 Å². The van der Waals surface area contributed by atoms with Crippen LogP contribution in [-0.2, 0) is 11.3 Å². The number of aromatic nitrogens is 3. The average molecular weight is 582 g/mol. The molecule has 0 unspecified atom stereocenters. The number of pyridine rings is 1. The average Bonchev–Trinajstić information content (AvgIpc) is 2.94. The summed E-state index contributed by atoms with van der Waals surface area (Å²) in [6, 6.07) is 6.80. The molecule has 1 N–H and O–H groups in total. The van der Waals surface area contributed by atoms with Crippen molar-refractivity contribution >= 4 is 23.5 Å². The fourth-order valence-electron chi connectivity index (χ4n) is 4.98. The molecule has 2 aromatic heterocycles. The van der Waals surface area contributed by atoms with Gasteiger partial charge in [0.15, 0.2) is 17.4 Å². The predicted molar refractivity (Wildman–Crippen MR) is 156 cm³/mol. The van der Waals surface area contributed by atoms with Crippen LogP contribution in [0, 0.1) is 11.6 Å². The lowest BCUT2D eigenvalue weighted by atomic mass is 10.1. The van der Waals surface area contributed by atoms with Crippen molar-refractivity contribution < 1.29 is 23.0 Å². The number of rotatable bonds is 6. The first-order chi connectivity index (χ1) is 20.0. The predicted octanol–water partition coefficient (Wildman–Crippen LogP) is 5.22. The Balaban J connectivity index is 1.23. The van der Waals surface area contributed by atoms with E-state index < -0.39 is 17.2 Å². The van der Waals surface area contributed by atoms with Gasteiger partial charge in [0.05, 0.1) is 18.4 Å². The van der Waals surface area contributed by atoms with Crippen LogP contribution in [0.3, 0.4) is 0 Å². The number of ether oxygens (including phenoxy) is 2. The molecular formula is C30H37F2N7O3. The van der Waals surface area contributed by atoms with Gasteiger partial charge < -0.3 is 24.6 Å². The number of nitrogens with zero attached hydrogens (tertiary/aromatic N) is 6. The van der Waals surface area contributed by atoms with E-state index >= 15 is 0 Å². The van der Waals surface area contributed by atoms with E-state index in [0.717, 1.165) is 24.8 Å². The number of anilines is 3. The lowest BCUT2D eigenvalue weighted by molar-refractivity contribution is 0.0139. The van der Waals surface area contributed by atoms with Crippen LogP contribution >= 0.6 is 0 Å². The van der Waals surface area contributed by atoms with Gasteiger partial charge in [-0.3, -0.25) is 4.90 Å². The molecule has 42 heavy (non-hydrogen) atoms. The van der Waals surface area contributed by atoms with Gasteiger partial charge in [0.2, 0.25) is 5.95 Å². The maximum Gasteiger partial charge on any atom is 0.410 e. The van der Waals surface area contributed by atoms with Crippen LogP contribution in [0.25, 0.3) is 11.3 Å². The topological polar surface area (TPSA) is 96.0 Å². The van der Waals surface area contributed by atoms with Crippen molar-refractivity contribution in [1.82, 2.24) is 24.8 Å². The van der Waals surface area contributed by atoms with Gasteiger partial charge in [-0.2, -0.15) is 0 Å². The van der Waals surface area contributed by atoms with Crippen molar-refractivity contribution in [2.45, 2.75) is 52.8 Å². The Hall–Kier alpha value is -4.06. The zero-order chi connectivity index (χ0) is 30.0. The Morgan fingerprint density at radius 3 is 2.48 bits per heavy atom. The van der Waals surface area contributed by atoms with Crippen LogP contribution in [-0.4, -0.2) is 81.8 Å². The summed E-state index contributed by atoms with van der Waals surface area (Å²) in [5.74, 6) is -0.436. The molecule has 5 rings (SSSR count). The molecule has 12 heteroatoms. The Labute approximate surface area is 244 Å². The number of hydrogen-bond donors (Lipinski definition) is 1. The van der Waals surface area contributed by atoms with Crippen LogP contribution in [0.4, 0.5) is 31.0 Å². The standard InChI is InChI=1S/C30H37F2N7O3/c1-19(2)39-12-13-41-27-22(31)14-21(15-24(27)39)26-23(32)17-34-28(36-26)35-25-7-6-20(16-33-25)18-37-8-10-38(11-9-37)29(40)42-30(3,4)5/h6-7,14-17,19H,8-13,18H2,1-5H3,(H,33,34,35,36). The van der Waals surface area contributed by atoms with E-state index in [1.807, 2.05) is 45.6 Å². The second kappa shape index (κ2) is 12.0. The highest BCUT2D eigenvalue weighted by Gasteiger charge is 2.27. The van der Waals surface area contributed by atoms with E-state index in [0.29, 0.717) is 49.9 Å². The zero-order valence-corrected chi connectivity index (χ0v) is 24.7. The smallest absolute Gasteiger partial charge is 0.410 e. The molecule has 1 fully saturated rings. The van der Waals surface area contributed by atoms with Crippen LogP contribution in [0.2, 0.25) is 0 Å². The van der Waals surface area contributed by atoms with Gasteiger partial charge in [0, 0.05) is 50.5 Å². The molecule has 224 valence electrons. The Kier molecular flexibility index (Phi) is 8.44. The molecule has 4 heterocycles. The fraction of sp³-hybridized carbons (Fsp3) is 0.467. The van der Waals surface area contributed by atoms with Crippen molar-refractivity contribution in [2.24, 2.45) is 0 Å². The molecule has 0 saturated carbocycles. The van der Waals surface area contributed by atoms with E-state index in [-0.39, 0.29) is 29.5 Å². The monoisotopic (exact) mass is 581 g/mol. The van der Waals surface area contributed by atoms with Gasteiger partial charge in [-0.05, 0) is 58.4 Å². The van der Waals surface area contributed by atoms with Crippen LogP contribution in [0.1, 0.15) is 40.2 Å². The molecule has 1 saturated heterocycles. The van der Waals surface area contributed by atoms with Crippen LogP contribution < -0.4 is 15.0 Å². The second-order valence-corrected chi connectivity index (χ2v) is 11.8. The summed E-state index contributed by atoms with van der Waals surface area (Å²) in [7, 11) is 0. The quantitative estimate of drug-likeness (QED) is 0.420. The number of amides is 1. The lowest BCUT2D eigenvalue weighted by Gasteiger charge is -2.35. The summed E-state index contributed by atoms with van der Waals surface area (Å²) in [5.41, 5.74) is 1.33. The number of carbonyl (C=O) groups excluding carboxylic acids is 1. The minimum Gasteiger partial charge on any atom is -0.486 e. The number of benzene rings is 1. The van der Waals surface area contributed by atoms with Crippen molar-refractivity contribution in [2.75, 3.05) is 49.5 Å². The molecule has 1 aromatic carbocycles. The normalized spacial score (nSPS) is 15.8. The van der Waals surface area contributed by atoms with Gasteiger partial charge in [-0.1, -0.05) is 6.07 Å². The third-order valence-electron chi connectivity index (χ3n) is 7.05. The molecule has 1 amide bonds. The first-order valence-electron chi connectivity index (χ1n) is 14.1. The molecule has 0 spiro atoms. The number of fused-ring (bicyclic) bond motifs is 1. The minimum absolute atomic E-state index is 0.0226. The Bertz CT molecular complexity index is 1420. The van der Waals surface area contributed by atoms with E-state index in [1.165, 1.54) is 6.07 Å². The highest BCUT2D eigenvalue weighted by Crippen LogP contribution is 2.39. The molecule has 0 bridgehead atoms. The molecule has 2 aliphatic heterocycles. The summed E-state index contributed by atoms with van der Waals surface area (Å²) >= 11 is 0. The summed E-state index contributed by atoms with van der Waals surface area (Å²) in [5, 5.41) is 3.01. The zero-order valence-electron chi connectivity index (χ0n) is 24.7. The largest absolute Gasteiger partial charge is 0.486 e. The molecule has 10 nitrogen and oxygen atoms in total. The third-order valence-corrected chi connectivity index (χ3v) is 7.05. The van der Waals surface area contributed by atoms with Gasteiger partial charge in [0.1, 0.15) is 23.7 Å². The van der Waals surface area contributed by atoms with Crippen molar-refractivity contribution in [3.05, 3.63) is 53.9 Å². The molecule has 3 aromatic rings. The SMILES string of the molecule is CC(C)N1CCOc2c(F)cc(-c3nc(Nc4ccc(CN5CCN(C(=O)OC(C)(C)C)CC5)cn4)ncc3F)cc21. The van der Waals surface area contributed by atoms with E-state index in [9.17, 15) is 13.6 Å². The maximum absolute atomic E-state index is 15.0. The maximum atomic E-state index is 15.0.